The topological polar surface area (TPSA) is 158 Å². The van der Waals surface area contributed by atoms with Crippen molar-refractivity contribution in [1.82, 2.24) is 14.7 Å². The number of amides is 5. The lowest BCUT2D eigenvalue weighted by atomic mass is 9.67. The molecular weight excluding hydrogens is 468 g/mol. The minimum Gasteiger partial charge on any atom is -0.481 e. The van der Waals surface area contributed by atoms with E-state index in [2.05, 4.69) is 0 Å². The number of likely N-dealkylation sites (N-methyl/N-ethyl adjacent to an activating group) is 1. The molecule has 2 heterocycles. The van der Waals surface area contributed by atoms with Crippen molar-refractivity contribution in [3.8, 4) is 0 Å². The second kappa shape index (κ2) is 9.81. The van der Waals surface area contributed by atoms with Crippen LogP contribution in [-0.2, 0) is 19.2 Å². The minimum atomic E-state index is -1.72. The maximum atomic E-state index is 13.6. The number of carboxylic acid groups (broad SMARTS) is 1. The van der Waals surface area contributed by atoms with Crippen molar-refractivity contribution in [2.45, 2.75) is 58.5 Å². The Hall–Kier alpha value is -3.60. The monoisotopic (exact) mass is 500 g/mol. The number of primary amides is 1. The molecule has 2 aliphatic heterocycles. The van der Waals surface area contributed by atoms with Crippen LogP contribution < -0.4 is 5.73 Å². The number of nitrogens with zero attached hydrogens (tertiary/aromatic N) is 3. The molecule has 1 fully saturated rings. The predicted octanol–water partition coefficient (Wildman–Crippen LogP) is 0.867. The number of nitrogens with two attached hydrogens (primary N) is 1. The summed E-state index contributed by atoms with van der Waals surface area (Å²) in [4.78, 5) is 80.7. The summed E-state index contributed by atoms with van der Waals surface area (Å²) in [7, 11) is 0. The smallest absolute Gasteiger partial charge is 0.305 e. The van der Waals surface area contributed by atoms with Crippen LogP contribution in [0.3, 0.4) is 0 Å². The highest BCUT2D eigenvalue weighted by atomic mass is 16.4. The summed E-state index contributed by atoms with van der Waals surface area (Å²) in [5.41, 5.74) is 3.18. The molecule has 2 aliphatic rings. The van der Waals surface area contributed by atoms with Crippen molar-refractivity contribution in [3.05, 3.63) is 35.4 Å². The van der Waals surface area contributed by atoms with Gasteiger partial charge in [0, 0.05) is 18.4 Å². The SMILES string of the molecule is CCN(CC)[C@](CC(=O)O)(C(N)=O)C(C)(C)CN1C(=O)CCC(N2C(=O)c3ccccc3C2=O)C1=O. The Morgan fingerprint density at radius 2 is 1.58 bits per heavy atom. The van der Waals surface area contributed by atoms with E-state index in [1.807, 2.05) is 0 Å². The first-order chi connectivity index (χ1) is 16.8. The zero-order valence-electron chi connectivity index (χ0n) is 20.9. The van der Waals surface area contributed by atoms with Crippen LogP contribution in [0, 0.1) is 5.41 Å². The Bertz CT molecular complexity index is 1090. The third kappa shape index (κ3) is 4.17. The number of hydrogen-bond acceptors (Lipinski definition) is 7. The molecule has 2 atom stereocenters. The first kappa shape index (κ1) is 27.0. The molecule has 1 unspecified atom stereocenters. The Balaban J connectivity index is 1.99. The van der Waals surface area contributed by atoms with Gasteiger partial charge < -0.3 is 10.8 Å². The van der Waals surface area contributed by atoms with Gasteiger partial charge in [-0.25, -0.2) is 0 Å². The highest BCUT2D eigenvalue weighted by Gasteiger charge is 2.57. The van der Waals surface area contributed by atoms with E-state index >= 15 is 0 Å². The summed E-state index contributed by atoms with van der Waals surface area (Å²) in [5.74, 6) is -4.64. The Labute approximate surface area is 209 Å². The Kier molecular flexibility index (Phi) is 7.35. The molecule has 1 aromatic rings. The van der Waals surface area contributed by atoms with Gasteiger partial charge in [0.05, 0.1) is 17.5 Å². The van der Waals surface area contributed by atoms with Gasteiger partial charge in [-0.2, -0.15) is 0 Å². The molecule has 5 amide bonds. The van der Waals surface area contributed by atoms with E-state index in [9.17, 15) is 33.9 Å². The molecule has 3 N–H and O–H groups in total. The predicted molar refractivity (Wildman–Crippen MR) is 128 cm³/mol. The molecule has 0 radical (unpaired) electrons. The molecule has 0 aromatic heterocycles. The molecule has 1 aromatic carbocycles. The van der Waals surface area contributed by atoms with Crippen LogP contribution >= 0.6 is 0 Å². The number of imide groups is 2. The lowest BCUT2D eigenvalue weighted by Gasteiger charge is -2.52. The van der Waals surface area contributed by atoms with Crippen molar-refractivity contribution in [2.24, 2.45) is 11.1 Å². The van der Waals surface area contributed by atoms with E-state index in [-0.39, 0.29) is 30.5 Å². The van der Waals surface area contributed by atoms with Crippen LogP contribution in [-0.4, -0.2) is 86.5 Å². The quantitative estimate of drug-likeness (QED) is 0.448. The van der Waals surface area contributed by atoms with E-state index in [1.54, 1.807) is 44.7 Å². The second-order valence-electron chi connectivity index (χ2n) is 9.75. The van der Waals surface area contributed by atoms with Gasteiger partial charge in [-0.1, -0.05) is 39.8 Å². The lowest BCUT2D eigenvalue weighted by Crippen LogP contribution is -2.69. The molecule has 0 spiro atoms. The lowest BCUT2D eigenvalue weighted by molar-refractivity contribution is -0.162. The maximum absolute atomic E-state index is 13.6. The fourth-order valence-corrected chi connectivity index (χ4v) is 5.58. The van der Waals surface area contributed by atoms with E-state index in [0.717, 1.165) is 9.80 Å². The summed E-state index contributed by atoms with van der Waals surface area (Å²) in [6.45, 7) is 6.97. The van der Waals surface area contributed by atoms with Crippen molar-refractivity contribution in [1.29, 1.82) is 0 Å². The normalized spacial score (nSPS) is 20.1. The number of hydrogen-bond donors (Lipinski definition) is 2. The standard InChI is InChI=1S/C25H32N4O7/c1-5-27(6-2)25(23(26)36,13-19(31)32)24(3,4)14-28-18(30)12-11-17(22(28)35)29-20(33)15-9-7-8-10-16(15)21(29)34/h7-10,17H,5-6,11-14H2,1-4H3,(H2,26,36)(H,31,32)/t17?,25-/m1/s1. The molecular formula is C25H32N4O7. The third-order valence-corrected chi connectivity index (χ3v) is 7.41. The number of piperidine rings is 1. The van der Waals surface area contributed by atoms with Crippen molar-refractivity contribution in [3.63, 3.8) is 0 Å². The van der Waals surface area contributed by atoms with Gasteiger partial charge >= 0.3 is 5.97 Å². The molecule has 11 nitrogen and oxygen atoms in total. The summed E-state index contributed by atoms with van der Waals surface area (Å²) in [5, 5.41) is 9.68. The number of carboxylic acids is 1. The van der Waals surface area contributed by atoms with Gasteiger partial charge in [0.15, 0.2) is 0 Å². The summed E-state index contributed by atoms with van der Waals surface area (Å²) in [6.07, 6.45) is -0.755. The number of carbonyl (C=O) groups excluding carboxylic acids is 5. The van der Waals surface area contributed by atoms with E-state index in [1.165, 1.54) is 12.1 Å². The Morgan fingerprint density at radius 3 is 2.03 bits per heavy atom. The van der Waals surface area contributed by atoms with Gasteiger partial charge in [0.1, 0.15) is 11.6 Å². The average Bonchev–Trinajstić information content (AvgIpc) is 3.06. The maximum Gasteiger partial charge on any atom is 0.305 e. The van der Waals surface area contributed by atoms with E-state index in [0.29, 0.717) is 13.1 Å². The summed E-state index contributed by atoms with van der Waals surface area (Å²) in [6, 6.07) is 5.06. The van der Waals surface area contributed by atoms with E-state index in [4.69, 9.17) is 5.73 Å². The highest BCUT2D eigenvalue weighted by molar-refractivity contribution is 6.23. The van der Waals surface area contributed by atoms with Crippen LogP contribution in [0.25, 0.3) is 0 Å². The van der Waals surface area contributed by atoms with Gasteiger partial charge in [-0.3, -0.25) is 43.5 Å². The average molecular weight is 501 g/mol. The highest BCUT2D eigenvalue weighted by Crippen LogP contribution is 2.41. The van der Waals surface area contributed by atoms with Crippen LogP contribution in [0.4, 0.5) is 0 Å². The zero-order chi connectivity index (χ0) is 27.0. The molecule has 11 heteroatoms. The summed E-state index contributed by atoms with van der Waals surface area (Å²) >= 11 is 0. The van der Waals surface area contributed by atoms with Crippen molar-refractivity contribution in [2.75, 3.05) is 19.6 Å². The molecule has 36 heavy (non-hydrogen) atoms. The molecule has 0 aliphatic carbocycles. The molecule has 194 valence electrons. The van der Waals surface area contributed by atoms with Gasteiger partial charge in [0.2, 0.25) is 11.8 Å². The van der Waals surface area contributed by atoms with Crippen LogP contribution in [0.5, 0.6) is 0 Å². The summed E-state index contributed by atoms with van der Waals surface area (Å²) < 4.78 is 0. The number of fused-ring (bicyclic) bond motifs is 1. The molecule has 0 saturated carbocycles. The minimum absolute atomic E-state index is 0.0216. The number of aliphatic carboxylic acids is 1. The molecule has 1 saturated heterocycles. The molecule has 3 rings (SSSR count). The van der Waals surface area contributed by atoms with Gasteiger partial charge in [-0.05, 0) is 31.6 Å². The number of benzene rings is 1. The largest absolute Gasteiger partial charge is 0.481 e. The van der Waals surface area contributed by atoms with Crippen LogP contribution in [0.2, 0.25) is 0 Å². The van der Waals surface area contributed by atoms with Crippen molar-refractivity contribution >= 4 is 35.5 Å². The number of carbonyl (C=O) groups is 6. The third-order valence-electron chi connectivity index (χ3n) is 7.41. The zero-order valence-corrected chi connectivity index (χ0v) is 20.9. The van der Waals surface area contributed by atoms with Crippen LogP contribution in [0.1, 0.15) is 67.7 Å². The van der Waals surface area contributed by atoms with Gasteiger partial charge in [-0.15, -0.1) is 0 Å². The number of likely N-dealkylation sites (tertiary alicyclic amines) is 1. The van der Waals surface area contributed by atoms with Crippen LogP contribution in [0.15, 0.2) is 24.3 Å². The van der Waals surface area contributed by atoms with Crippen molar-refractivity contribution < 1.29 is 33.9 Å². The fraction of sp³-hybridized carbons (Fsp3) is 0.520. The molecule has 0 bridgehead atoms. The number of rotatable bonds is 10. The fourth-order valence-electron chi connectivity index (χ4n) is 5.58. The van der Waals surface area contributed by atoms with Gasteiger partial charge in [0.25, 0.3) is 17.7 Å². The second-order valence-corrected chi connectivity index (χ2v) is 9.75. The van der Waals surface area contributed by atoms with E-state index < -0.39 is 58.9 Å². The first-order valence-corrected chi connectivity index (χ1v) is 11.9. The first-order valence-electron chi connectivity index (χ1n) is 11.9. The Morgan fingerprint density at radius 1 is 1.06 bits per heavy atom.